The monoisotopic (exact) mass is 560 g/mol. The molecular formula is C32H56O4Si2. The molecule has 0 aliphatic heterocycles. The van der Waals surface area contributed by atoms with Gasteiger partial charge in [0.1, 0.15) is 0 Å². The Morgan fingerprint density at radius 3 is 2.03 bits per heavy atom. The SMILES string of the molecule is CC[C@H](/C=C/c1cccc(C/C=C/[C@H](CCCC(=O)OC)O[Si](C)(C)C(C)(C)C)c1)O[Si](C)(C)C(C)(C)C. The second-order valence-electron chi connectivity index (χ2n) is 13.4. The topological polar surface area (TPSA) is 44.8 Å². The maximum absolute atomic E-state index is 11.6. The van der Waals surface area contributed by atoms with Gasteiger partial charge in [0, 0.05) is 6.42 Å². The summed E-state index contributed by atoms with van der Waals surface area (Å²) < 4.78 is 18.1. The predicted octanol–water partition coefficient (Wildman–Crippen LogP) is 9.33. The van der Waals surface area contributed by atoms with E-state index in [4.69, 9.17) is 13.6 Å². The van der Waals surface area contributed by atoms with Gasteiger partial charge in [0.05, 0.1) is 19.3 Å². The number of rotatable bonds is 14. The molecule has 0 aliphatic rings. The Bertz CT molecular complexity index is 920. The van der Waals surface area contributed by atoms with Gasteiger partial charge in [0.2, 0.25) is 0 Å². The number of hydrogen-bond acceptors (Lipinski definition) is 4. The highest BCUT2D eigenvalue weighted by molar-refractivity contribution is 6.74. The molecule has 0 saturated carbocycles. The summed E-state index contributed by atoms with van der Waals surface area (Å²) in [6.45, 7) is 25.0. The summed E-state index contributed by atoms with van der Waals surface area (Å²) in [6, 6.07) is 8.70. The van der Waals surface area contributed by atoms with E-state index in [1.807, 2.05) is 0 Å². The molecule has 0 radical (unpaired) electrons. The molecule has 0 bridgehead atoms. The van der Waals surface area contributed by atoms with Crippen LogP contribution in [0.4, 0.5) is 0 Å². The average Bonchev–Trinajstić information content (AvgIpc) is 2.80. The van der Waals surface area contributed by atoms with Crippen LogP contribution in [0.5, 0.6) is 0 Å². The molecule has 1 rings (SSSR count). The predicted molar refractivity (Wildman–Crippen MR) is 169 cm³/mol. The van der Waals surface area contributed by atoms with Crippen LogP contribution in [0.3, 0.4) is 0 Å². The molecule has 1 aromatic carbocycles. The summed E-state index contributed by atoms with van der Waals surface area (Å²) in [4.78, 5) is 11.6. The average molecular weight is 561 g/mol. The van der Waals surface area contributed by atoms with Crippen LogP contribution in [-0.4, -0.2) is 41.9 Å². The molecule has 1 aromatic rings. The minimum atomic E-state index is -1.93. The van der Waals surface area contributed by atoms with Crippen molar-refractivity contribution in [2.75, 3.05) is 7.11 Å². The van der Waals surface area contributed by atoms with Crippen molar-refractivity contribution in [2.45, 2.75) is 129 Å². The van der Waals surface area contributed by atoms with E-state index < -0.39 is 16.6 Å². The first-order valence-electron chi connectivity index (χ1n) is 14.3. The van der Waals surface area contributed by atoms with Crippen LogP contribution in [0.1, 0.15) is 85.3 Å². The lowest BCUT2D eigenvalue weighted by molar-refractivity contribution is -0.140. The van der Waals surface area contributed by atoms with E-state index in [9.17, 15) is 4.79 Å². The van der Waals surface area contributed by atoms with Crippen molar-refractivity contribution in [2.24, 2.45) is 0 Å². The van der Waals surface area contributed by atoms with E-state index in [1.54, 1.807) is 0 Å². The smallest absolute Gasteiger partial charge is 0.305 e. The summed E-state index contributed by atoms with van der Waals surface area (Å²) in [5, 5.41) is 0.332. The summed E-state index contributed by atoms with van der Waals surface area (Å²) in [7, 11) is -2.30. The molecular weight excluding hydrogens is 505 g/mol. The molecule has 6 heteroatoms. The highest BCUT2D eigenvalue weighted by Crippen LogP contribution is 2.39. The first-order chi connectivity index (χ1) is 17.4. The Kier molecular flexibility index (Phi) is 13.4. The lowest BCUT2D eigenvalue weighted by atomic mass is 10.1. The van der Waals surface area contributed by atoms with Crippen LogP contribution in [0.2, 0.25) is 36.3 Å². The number of benzene rings is 1. The van der Waals surface area contributed by atoms with Gasteiger partial charge < -0.3 is 13.6 Å². The van der Waals surface area contributed by atoms with Gasteiger partial charge in [-0.05, 0) is 73.1 Å². The number of esters is 1. The van der Waals surface area contributed by atoms with Gasteiger partial charge in [0.15, 0.2) is 16.6 Å². The quantitative estimate of drug-likeness (QED) is 0.129. The Morgan fingerprint density at radius 1 is 0.921 bits per heavy atom. The van der Waals surface area contributed by atoms with Crippen LogP contribution in [0.25, 0.3) is 6.08 Å². The zero-order valence-corrected chi connectivity index (χ0v) is 28.4. The first kappa shape index (κ1) is 34.6. The summed E-state index contributed by atoms with van der Waals surface area (Å²) in [6.07, 6.45) is 12.8. The summed E-state index contributed by atoms with van der Waals surface area (Å²) in [5.74, 6) is -0.162. The van der Waals surface area contributed by atoms with Crippen molar-refractivity contribution in [1.29, 1.82) is 0 Å². The highest BCUT2D eigenvalue weighted by Gasteiger charge is 2.39. The lowest BCUT2D eigenvalue weighted by Gasteiger charge is -2.38. The van der Waals surface area contributed by atoms with E-state index >= 15 is 0 Å². The molecule has 38 heavy (non-hydrogen) atoms. The second-order valence-corrected chi connectivity index (χ2v) is 23.0. The van der Waals surface area contributed by atoms with Crippen molar-refractivity contribution >= 4 is 28.7 Å². The third kappa shape index (κ3) is 11.7. The Morgan fingerprint density at radius 2 is 1.50 bits per heavy atom. The number of hydrogen-bond donors (Lipinski definition) is 0. The molecule has 0 heterocycles. The fourth-order valence-electron chi connectivity index (χ4n) is 3.51. The first-order valence-corrected chi connectivity index (χ1v) is 20.1. The van der Waals surface area contributed by atoms with Gasteiger partial charge in [-0.1, -0.05) is 97.0 Å². The van der Waals surface area contributed by atoms with Crippen LogP contribution in [-0.2, 0) is 24.8 Å². The molecule has 0 unspecified atom stereocenters. The highest BCUT2D eigenvalue weighted by atomic mass is 28.4. The maximum atomic E-state index is 11.6. The fraction of sp³-hybridized carbons (Fsp3) is 0.656. The number of ether oxygens (including phenoxy) is 1. The third-order valence-corrected chi connectivity index (χ3v) is 17.2. The van der Waals surface area contributed by atoms with Crippen LogP contribution in [0.15, 0.2) is 42.5 Å². The third-order valence-electron chi connectivity index (χ3n) is 8.16. The van der Waals surface area contributed by atoms with Gasteiger partial charge in [-0.15, -0.1) is 0 Å². The largest absolute Gasteiger partial charge is 0.469 e. The molecule has 0 aromatic heterocycles. The summed E-state index contributed by atoms with van der Waals surface area (Å²) >= 11 is 0. The molecule has 0 fully saturated rings. The van der Waals surface area contributed by atoms with E-state index in [0.717, 1.165) is 25.7 Å². The van der Waals surface area contributed by atoms with Crippen LogP contribution >= 0.6 is 0 Å². The fourth-order valence-corrected chi connectivity index (χ4v) is 6.17. The Hall–Kier alpha value is -1.48. The van der Waals surface area contributed by atoms with Gasteiger partial charge in [-0.3, -0.25) is 4.79 Å². The molecule has 0 aliphatic carbocycles. The Labute approximate surface area is 236 Å². The lowest BCUT2D eigenvalue weighted by Crippen LogP contribution is -2.43. The van der Waals surface area contributed by atoms with Crippen molar-refractivity contribution in [3.63, 3.8) is 0 Å². The van der Waals surface area contributed by atoms with Gasteiger partial charge in [-0.2, -0.15) is 0 Å². The molecule has 2 atom stereocenters. The molecule has 0 N–H and O–H groups in total. The molecule has 0 saturated heterocycles. The number of carbonyl (C=O) groups excluding carboxylic acids is 1. The van der Waals surface area contributed by atoms with Crippen LogP contribution in [0, 0.1) is 0 Å². The number of methoxy groups -OCH3 is 1. The molecule has 0 amide bonds. The second kappa shape index (κ2) is 14.8. The maximum Gasteiger partial charge on any atom is 0.305 e. The normalized spacial score (nSPS) is 15.3. The minimum Gasteiger partial charge on any atom is -0.469 e. The molecule has 216 valence electrons. The van der Waals surface area contributed by atoms with E-state index in [0.29, 0.717) is 6.42 Å². The minimum absolute atomic E-state index is 0.00132. The Balaban J connectivity index is 2.92. The zero-order valence-electron chi connectivity index (χ0n) is 26.4. The summed E-state index contributed by atoms with van der Waals surface area (Å²) in [5.41, 5.74) is 2.46. The van der Waals surface area contributed by atoms with Gasteiger partial charge >= 0.3 is 5.97 Å². The van der Waals surface area contributed by atoms with Crippen molar-refractivity contribution in [1.82, 2.24) is 0 Å². The number of allylic oxidation sites excluding steroid dienone is 1. The molecule has 0 spiro atoms. The number of carbonyl (C=O) groups is 1. The zero-order chi connectivity index (χ0) is 29.2. The van der Waals surface area contributed by atoms with E-state index in [2.05, 4.69) is 123 Å². The standard InChI is InChI=1S/C32H56O4Si2/c1-13-28(35-37(9,10)31(2,3)4)24-23-27-18-14-17-26(25-27)19-15-20-29(21-16-22-30(33)34-8)36-38(11,12)32(5,6)7/h14-15,17-18,20,23-25,28-29H,13,16,19,21-22H2,1-12H3/b20-15+,24-23+/t28-,29-/m1/s1. The van der Waals surface area contributed by atoms with Crippen LogP contribution < -0.4 is 0 Å². The van der Waals surface area contributed by atoms with Crippen molar-refractivity contribution in [3.8, 4) is 0 Å². The van der Waals surface area contributed by atoms with Gasteiger partial charge in [0.25, 0.3) is 0 Å². The van der Waals surface area contributed by atoms with E-state index in [-0.39, 0.29) is 28.3 Å². The molecule has 4 nitrogen and oxygen atoms in total. The van der Waals surface area contributed by atoms with Crippen molar-refractivity contribution in [3.05, 3.63) is 53.6 Å². The van der Waals surface area contributed by atoms with Gasteiger partial charge in [-0.25, -0.2) is 0 Å². The van der Waals surface area contributed by atoms with Crippen molar-refractivity contribution < 1.29 is 18.4 Å². The van der Waals surface area contributed by atoms with E-state index in [1.165, 1.54) is 18.2 Å².